The fourth-order valence-electron chi connectivity index (χ4n) is 2.60. The maximum absolute atomic E-state index is 12.9. The average Bonchev–Trinajstić information content (AvgIpc) is 3.16. The van der Waals surface area contributed by atoms with Crippen LogP contribution in [0.3, 0.4) is 0 Å². The second kappa shape index (κ2) is 8.54. The summed E-state index contributed by atoms with van der Waals surface area (Å²) in [5.41, 5.74) is 2.57. The minimum absolute atomic E-state index is 0.150. The van der Waals surface area contributed by atoms with Gasteiger partial charge in [-0.3, -0.25) is 4.79 Å². The van der Waals surface area contributed by atoms with E-state index in [0.717, 1.165) is 11.3 Å². The summed E-state index contributed by atoms with van der Waals surface area (Å²) in [5, 5.41) is 12.2. The summed E-state index contributed by atoms with van der Waals surface area (Å²) in [5.74, 6) is -0.334. The van der Waals surface area contributed by atoms with Crippen LogP contribution < -0.4 is 5.32 Å². The van der Waals surface area contributed by atoms with Gasteiger partial charge in [-0.2, -0.15) is 4.68 Å². The molecule has 10 heteroatoms. The summed E-state index contributed by atoms with van der Waals surface area (Å²) in [6.07, 6.45) is 1.41. The normalized spacial score (nSPS) is 11.0. The van der Waals surface area contributed by atoms with Crippen molar-refractivity contribution in [1.82, 2.24) is 30.3 Å². The number of amides is 1. The number of hydrogen-bond acceptors (Lipinski definition) is 6. The van der Waals surface area contributed by atoms with E-state index in [1.54, 1.807) is 28.9 Å². The largest absolute Gasteiger partial charge is 0.351 e. The molecule has 4 rings (SSSR count). The molecule has 2 heterocycles. The highest BCUT2D eigenvalue weighted by atomic mass is 35.5. The number of carbonyl (C=O) groups is 1. The summed E-state index contributed by atoms with van der Waals surface area (Å²) in [6, 6.07) is 13.2. The lowest BCUT2D eigenvalue weighted by atomic mass is 10.2. The number of rotatable bonds is 6. The Balaban J connectivity index is 1.44. The summed E-state index contributed by atoms with van der Waals surface area (Å²) < 4.78 is 14.5. The zero-order valence-electron chi connectivity index (χ0n) is 14.9. The number of aromatic nitrogens is 5. The summed E-state index contributed by atoms with van der Waals surface area (Å²) >= 11 is 7.29. The van der Waals surface area contributed by atoms with Gasteiger partial charge in [-0.25, -0.2) is 14.4 Å². The Morgan fingerprint density at radius 1 is 1.17 bits per heavy atom. The minimum atomic E-state index is -0.311. The molecule has 0 aliphatic heterocycles. The topological polar surface area (TPSA) is 85.6 Å². The molecule has 2 aromatic heterocycles. The van der Waals surface area contributed by atoms with Crippen LogP contribution in [0.15, 0.2) is 59.9 Å². The van der Waals surface area contributed by atoms with Crippen molar-refractivity contribution >= 4 is 40.4 Å². The van der Waals surface area contributed by atoms with Crippen molar-refractivity contribution in [2.45, 2.75) is 11.6 Å². The molecule has 0 saturated carbocycles. The lowest BCUT2D eigenvalue weighted by Gasteiger charge is -2.05. The SMILES string of the molecule is O=C(CSc1ncnc2c1nnn2-c1cccc(Cl)c1)NCc1ccc(F)cc1. The zero-order valence-corrected chi connectivity index (χ0v) is 16.5. The minimum Gasteiger partial charge on any atom is -0.351 e. The number of fused-ring (bicyclic) bond motifs is 1. The predicted molar refractivity (Wildman–Crippen MR) is 108 cm³/mol. The first-order valence-electron chi connectivity index (χ1n) is 8.56. The third-order valence-corrected chi connectivity index (χ3v) is 5.21. The molecule has 7 nitrogen and oxygen atoms in total. The second-order valence-electron chi connectivity index (χ2n) is 6.02. The molecule has 0 saturated heterocycles. The molecule has 0 fully saturated rings. The summed E-state index contributed by atoms with van der Waals surface area (Å²) in [6.45, 7) is 0.323. The van der Waals surface area contributed by atoms with Crippen LogP contribution in [0.25, 0.3) is 16.9 Å². The van der Waals surface area contributed by atoms with Crippen molar-refractivity contribution in [3.8, 4) is 5.69 Å². The Kier molecular flexibility index (Phi) is 5.68. The van der Waals surface area contributed by atoms with Gasteiger partial charge in [0.15, 0.2) is 11.2 Å². The first-order valence-corrected chi connectivity index (χ1v) is 9.93. The third kappa shape index (κ3) is 4.52. The second-order valence-corrected chi connectivity index (χ2v) is 7.42. The molecule has 0 aliphatic carbocycles. The lowest BCUT2D eigenvalue weighted by Crippen LogP contribution is -2.24. The molecule has 0 radical (unpaired) electrons. The number of hydrogen-bond donors (Lipinski definition) is 1. The molecule has 1 amide bonds. The molecular weight excluding hydrogens is 415 g/mol. The van der Waals surface area contributed by atoms with E-state index in [4.69, 9.17) is 11.6 Å². The average molecular weight is 429 g/mol. The van der Waals surface area contributed by atoms with E-state index in [2.05, 4.69) is 25.6 Å². The van der Waals surface area contributed by atoms with Gasteiger partial charge in [0, 0.05) is 11.6 Å². The van der Waals surface area contributed by atoms with Gasteiger partial charge in [-0.15, -0.1) is 5.10 Å². The summed E-state index contributed by atoms with van der Waals surface area (Å²) in [7, 11) is 0. The van der Waals surface area contributed by atoms with Crippen LogP contribution in [0.5, 0.6) is 0 Å². The van der Waals surface area contributed by atoms with Crippen LogP contribution in [0.2, 0.25) is 5.02 Å². The van der Waals surface area contributed by atoms with Crippen LogP contribution in [0, 0.1) is 5.82 Å². The van der Waals surface area contributed by atoms with Crippen molar-refractivity contribution in [2.24, 2.45) is 0 Å². The highest BCUT2D eigenvalue weighted by Gasteiger charge is 2.15. The Bertz CT molecular complexity index is 1170. The van der Waals surface area contributed by atoms with Crippen LogP contribution >= 0.6 is 23.4 Å². The van der Waals surface area contributed by atoms with E-state index in [9.17, 15) is 9.18 Å². The smallest absolute Gasteiger partial charge is 0.230 e. The van der Waals surface area contributed by atoms with Crippen LogP contribution in [-0.4, -0.2) is 36.6 Å². The lowest BCUT2D eigenvalue weighted by molar-refractivity contribution is -0.118. The molecule has 146 valence electrons. The maximum atomic E-state index is 12.9. The van der Waals surface area contributed by atoms with Gasteiger partial charge in [0.05, 0.1) is 11.4 Å². The number of thioether (sulfide) groups is 1. The predicted octanol–water partition coefficient (Wildman–Crippen LogP) is 3.41. The number of carbonyl (C=O) groups excluding carboxylic acids is 1. The van der Waals surface area contributed by atoms with Gasteiger partial charge in [-0.1, -0.05) is 46.8 Å². The van der Waals surface area contributed by atoms with E-state index in [0.29, 0.717) is 27.8 Å². The van der Waals surface area contributed by atoms with E-state index in [1.165, 1.54) is 30.2 Å². The van der Waals surface area contributed by atoms with Crippen molar-refractivity contribution in [1.29, 1.82) is 0 Å². The molecule has 0 aliphatic rings. The van der Waals surface area contributed by atoms with E-state index >= 15 is 0 Å². The molecule has 1 N–H and O–H groups in total. The van der Waals surface area contributed by atoms with Gasteiger partial charge in [0.1, 0.15) is 17.2 Å². The van der Waals surface area contributed by atoms with E-state index < -0.39 is 0 Å². The van der Waals surface area contributed by atoms with Gasteiger partial charge in [0.25, 0.3) is 0 Å². The van der Waals surface area contributed by atoms with Crippen LogP contribution in [0.1, 0.15) is 5.56 Å². The quantitative estimate of drug-likeness (QED) is 0.374. The number of halogens is 2. The highest BCUT2D eigenvalue weighted by molar-refractivity contribution is 8.00. The molecular formula is C19H14ClFN6OS. The van der Waals surface area contributed by atoms with Gasteiger partial charge in [-0.05, 0) is 35.9 Å². The zero-order chi connectivity index (χ0) is 20.2. The Morgan fingerprint density at radius 2 is 2.00 bits per heavy atom. The fourth-order valence-corrected chi connectivity index (χ4v) is 3.55. The van der Waals surface area contributed by atoms with Crippen molar-refractivity contribution < 1.29 is 9.18 Å². The van der Waals surface area contributed by atoms with Crippen molar-refractivity contribution in [3.63, 3.8) is 0 Å². The Hall–Kier alpha value is -3.04. The Labute approximate surface area is 174 Å². The molecule has 29 heavy (non-hydrogen) atoms. The summed E-state index contributed by atoms with van der Waals surface area (Å²) in [4.78, 5) is 20.6. The number of nitrogens with one attached hydrogen (secondary N) is 1. The first-order chi connectivity index (χ1) is 14.1. The molecule has 0 bridgehead atoms. The molecule has 4 aromatic rings. The third-order valence-electron chi connectivity index (χ3n) is 4.00. The molecule has 2 aromatic carbocycles. The van der Waals surface area contributed by atoms with Crippen LogP contribution in [-0.2, 0) is 11.3 Å². The maximum Gasteiger partial charge on any atom is 0.230 e. The monoisotopic (exact) mass is 428 g/mol. The molecule has 0 atom stereocenters. The highest BCUT2D eigenvalue weighted by Crippen LogP contribution is 2.24. The van der Waals surface area contributed by atoms with Crippen LogP contribution in [0.4, 0.5) is 4.39 Å². The number of nitrogens with zero attached hydrogens (tertiary/aromatic N) is 5. The van der Waals surface area contributed by atoms with Gasteiger partial charge >= 0.3 is 0 Å². The molecule has 0 spiro atoms. The fraction of sp³-hybridized carbons (Fsp3) is 0.105. The standard InChI is InChI=1S/C19H14ClFN6OS/c20-13-2-1-3-15(8-13)27-18-17(25-26-27)19(24-11-23-18)29-10-16(28)22-9-12-4-6-14(21)7-5-12/h1-8,11H,9-10H2,(H,22,28). The van der Waals surface area contributed by atoms with Gasteiger partial charge in [0.2, 0.25) is 5.91 Å². The number of benzene rings is 2. The van der Waals surface area contributed by atoms with Crippen molar-refractivity contribution in [2.75, 3.05) is 5.75 Å². The first kappa shape index (κ1) is 19.3. The van der Waals surface area contributed by atoms with E-state index in [1.807, 2.05) is 12.1 Å². The Morgan fingerprint density at radius 3 is 2.79 bits per heavy atom. The molecule has 0 unspecified atom stereocenters. The van der Waals surface area contributed by atoms with Gasteiger partial charge < -0.3 is 5.32 Å². The van der Waals surface area contributed by atoms with E-state index in [-0.39, 0.29) is 17.5 Å². The van der Waals surface area contributed by atoms with Crippen molar-refractivity contribution in [3.05, 3.63) is 71.3 Å².